The standard InChI is InChI=1S/C13H19N3O2/c1-3-6-11-9-15(8-5-7-14)12(4-2)16(11)10-13(17)18/h9H,3-6,8,10H2,1-2H3/p+1. The normalized spacial score (nSPS) is 10.3. The molecule has 98 valence electrons. The van der Waals surface area contributed by atoms with Gasteiger partial charge in [-0.15, -0.1) is 0 Å². The van der Waals surface area contributed by atoms with Gasteiger partial charge < -0.3 is 5.11 Å². The second-order valence-corrected chi connectivity index (χ2v) is 4.22. The maximum absolute atomic E-state index is 10.9. The topological polar surface area (TPSA) is 69.9 Å². The molecule has 0 amide bonds. The van der Waals surface area contributed by atoms with Crippen LogP contribution < -0.4 is 4.57 Å². The van der Waals surface area contributed by atoms with Crippen molar-refractivity contribution in [3.05, 3.63) is 17.7 Å². The molecule has 0 saturated heterocycles. The van der Waals surface area contributed by atoms with Gasteiger partial charge >= 0.3 is 5.97 Å². The number of hydrogen-bond acceptors (Lipinski definition) is 2. The van der Waals surface area contributed by atoms with E-state index in [0.29, 0.717) is 13.0 Å². The Morgan fingerprint density at radius 1 is 1.56 bits per heavy atom. The molecular weight excluding hydrogens is 230 g/mol. The molecule has 1 aromatic heterocycles. The van der Waals surface area contributed by atoms with Crippen molar-refractivity contribution in [3.63, 3.8) is 0 Å². The van der Waals surface area contributed by atoms with Crippen molar-refractivity contribution in [2.24, 2.45) is 0 Å². The van der Waals surface area contributed by atoms with Crippen molar-refractivity contribution in [2.75, 3.05) is 0 Å². The zero-order chi connectivity index (χ0) is 13.5. The quantitative estimate of drug-likeness (QED) is 0.741. The van der Waals surface area contributed by atoms with Crippen molar-refractivity contribution >= 4 is 5.97 Å². The molecule has 0 atom stereocenters. The van der Waals surface area contributed by atoms with Crippen molar-refractivity contribution < 1.29 is 14.5 Å². The zero-order valence-corrected chi connectivity index (χ0v) is 11.0. The highest BCUT2D eigenvalue weighted by atomic mass is 16.4. The number of carboxylic acids is 1. The number of rotatable bonds is 7. The predicted molar refractivity (Wildman–Crippen MR) is 65.9 cm³/mol. The minimum absolute atomic E-state index is 0.00192. The number of aryl methyl sites for hydroxylation is 2. The molecule has 1 N–H and O–H groups in total. The van der Waals surface area contributed by atoms with Crippen LogP contribution in [0.15, 0.2) is 6.20 Å². The van der Waals surface area contributed by atoms with Crippen LogP contribution in [0.4, 0.5) is 0 Å². The van der Waals surface area contributed by atoms with Crippen LogP contribution in [0, 0.1) is 11.3 Å². The van der Waals surface area contributed by atoms with Gasteiger partial charge in [0.2, 0.25) is 0 Å². The van der Waals surface area contributed by atoms with Crippen LogP contribution in [0.3, 0.4) is 0 Å². The first-order valence-electron chi connectivity index (χ1n) is 6.33. The third-order valence-electron chi connectivity index (χ3n) is 2.87. The molecular formula is C13H20N3O2+. The molecule has 0 fully saturated rings. The van der Waals surface area contributed by atoms with E-state index in [1.54, 1.807) is 0 Å². The van der Waals surface area contributed by atoms with Crippen LogP contribution in [0.5, 0.6) is 0 Å². The summed E-state index contributed by atoms with van der Waals surface area (Å²) in [5.74, 6) is 0.154. The van der Waals surface area contributed by atoms with Gasteiger partial charge in [0.1, 0.15) is 18.4 Å². The van der Waals surface area contributed by atoms with Gasteiger partial charge in [0, 0.05) is 12.8 Å². The molecule has 5 nitrogen and oxygen atoms in total. The first-order valence-corrected chi connectivity index (χ1v) is 6.33. The number of hydrogen-bond donors (Lipinski definition) is 1. The lowest BCUT2D eigenvalue weighted by Crippen LogP contribution is -2.37. The smallest absolute Gasteiger partial charge is 0.346 e. The number of nitrogens with zero attached hydrogens (tertiary/aromatic N) is 3. The van der Waals surface area contributed by atoms with E-state index < -0.39 is 5.97 Å². The number of nitriles is 1. The second kappa shape index (κ2) is 6.80. The average Bonchev–Trinajstić information content (AvgIpc) is 2.64. The summed E-state index contributed by atoms with van der Waals surface area (Å²) >= 11 is 0. The molecule has 0 aliphatic heterocycles. The van der Waals surface area contributed by atoms with Crippen molar-refractivity contribution in [1.82, 2.24) is 4.57 Å². The molecule has 1 rings (SSSR count). The van der Waals surface area contributed by atoms with E-state index in [9.17, 15) is 4.79 Å². The molecule has 0 aliphatic rings. The lowest BCUT2D eigenvalue weighted by Gasteiger charge is -2.01. The van der Waals surface area contributed by atoms with E-state index in [1.165, 1.54) is 0 Å². The summed E-state index contributed by atoms with van der Waals surface area (Å²) in [6.45, 7) is 4.71. The third-order valence-corrected chi connectivity index (χ3v) is 2.87. The van der Waals surface area contributed by atoms with Gasteiger partial charge in [-0.2, -0.15) is 5.26 Å². The van der Waals surface area contributed by atoms with Crippen LogP contribution in [0.1, 0.15) is 38.2 Å². The van der Waals surface area contributed by atoms with Gasteiger partial charge in [-0.25, -0.2) is 13.9 Å². The summed E-state index contributed by atoms with van der Waals surface area (Å²) in [7, 11) is 0. The highest BCUT2D eigenvalue weighted by Crippen LogP contribution is 2.08. The van der Waals surface area contributed by atoms with Gasteiger partial charge in [-0.3, -0.25) is 0 Å². The Balaban J connectivity index is 3.12. The van der Waals surface area contributed by atoms with Crippen molar-refractivity contribution in [1.29, 1.82) is 5.26 Å². The van der Waals surface area contributed by atoms with Crippen LogP contribution in [-0.4, -0.2) is 15.6 Å². The molecule has 0 spiro atoms. The molecule has 0 aromatic carbocycles. The van der Waals surface area contributed by atoms with Gasteiger partial charge in [0.25, 0.3) is 5.82 Å². The van der Waals surface area contributed by atoms with Gasteiger partial charge in [0.15, 0.2) is 6.54 Å². The number of carbonyl (C=O) groups is 1. The fraction of sp³-hybridized carbons (Fsp3) is 0.615. The van der Waals surface area contributed by atoms with E-state index >= 15 is 0 Å². The summed E-state index contributed by atoms with van der Waals surface area (Å²) in [4.78, 5) is 10.9. The SMILES string of the molecule is CCCc1c[n+](CCC#N)c(CC)n1CC(=O)O. The molecule has 0 unspecified atom stereocenters. The van der Waals surface area contributed by atoms with E-state index in [-0.39, 0.29) is 6.54 Å². The van der Waals surface area contributed by atoms with E-state index in [4.69, 9.17) is 10.4 Å². The largest absolute Gasteiger partial charge is 0.478 e. The maximum Gasteiger partial charge on any atom is 0.346 e. The van der Waals surface area contributed by atoms with Crippen LogP contribution in [0.25, 0.3) is 0 Å². The highest BCUT2D eigenvalue weighted by Gasteiger charge is 2.22. The summed E-state index contributed by atoms with van der Waals surface area (Å²) in [6.07, 6.45) is 5.04. The van der Waals surface area contributed by atoms with Crippen molar-refractivity contribution in [2.45, 2.75) is 52.6 Å². The molecule has 1 heterocycles. The minimum atomic E-state index is -0.829. The Morgan fingerprint density at radius 2 is 2.28 bits per heavy atom. The Morgan fingerprint density at radius 3 is 2.78 bits per heavy atom. The Kier molecular flexibility index (Phi) is 5.37. The molecule has 1 aromatic rings. The Labute approximate surface area is 107 Å². The average molecular weight is 250 g/mol. The lowest BCUT2D eigenvalue weighted by molar-refractivity contribution is -0.702. The molecule has 0 bridgehead atoms. The lowest BCUT2D eigenvalue weighted by atomic mass is 10.2. The van der Waals surface area contributed by atoms with Crippen LogP contribution in [0.2, 0.25) is 0 Å². The van der Waals surface area contributed by atoms with Crippen LogP contribution in [-0.2, 0) is 30.7 Å². The van der Waals surface area contributed by atoms with Crippen molar-refractivity contribution in [3.8, 4) is 6.07 Å². The molecule has 0 radical (unpaired) electrons. The first-order chi connectivity index (χ1) is 8.63. The number of imidazole rings is 1. The summed E-state index contributed by atoms with van der Waals surface area (Å²) in [5.41, 5.74) is 1.04. The fourth-order valence-corrected chi connectivity index (χ4v) is 2.19. The highest BCUT2D eigenvalue weighted by molar-refractivity contribution is 5.66. The Bertz CT molecular complexity index is 458. The van der Waals surface area contributed by atoms with E-state index in [0.717, 1.165) is 30.8 Å². The fourth-order valence-electron chi connectivity index (χ4n) is 2.19. The van der Waals surface area contributed by atoms with E-state index in [1.807, 2.05) is 22.3 Å². The molecule has 18 heavy (non-hydrogen) atoms. The predicted octanol–water partition coefficient (Wildman–Crippen LogP) is 1.29. The third kappa shape index (κ3) is 3.33. The van der Waals surface area contributed by atoms with Gasteiger partial charge in [-0.05, 0) is 6.42 Å². The number of aliphatic carboxylic acids is 1. The van der Waals surface area contributed by atoms with E-state index in [2.05, 4.69) is 13.0 Å². The van der Waals surface area contributed by atoms with Crippen LogP contribution >= 0.6 is 0 Å². The number of aromatic nitrogens is 2. The minimum Gasteiger partial charge on any atom is -0.478 e. The molecule has 0 aliphatic carbocycles. The maximum atomic E-state index is 10.9. The molecule has 5 heteroatoms. The van der Waals surface area contributed by atoms with Gasteiger partial charge in [-0.1, -0.05) is 13.8 Å². The molecule has 0 saturated carbocycles. The summed E-state index contributed by atoms with van der Waals surface area (Å²) in [5, 5.41) is 17.6. The van der Waals surface area contributed by atoms with Gasteiger partial charge in [0.05, 0.1) is 12.5 Å². The summed E-state index contributed by atoms with van der Waals surface area (Å²) in [6, 6.07) is 2.12. The monoisotopic (exact) mass is 250 g/mol. The second-order valence-electron chi connectivity index (χ2n) is 4.22. The first kappa shape index (κ1) is 14.2. The Hall–Kier alpha value is -1.83. The zero-order valence-electron chi connectivity index (χ0n) is 11.0. The summed E-state index contributed by atoms with van der Waals surface area (Å²) < 4.78 is 3.88. The number of carboxylic acid groups (broad SMARTS) is 1.